The van der Waals surface area contributed by atoms with Crippen LogP contribution in [0.25, 0.3) is 0 Å². The highest BCUT2D eigenvalue weighted by atomic mass is 32.1. The predicted octanol–water partition coefficient (Wildman–Crippen LogP) is 2.11. The first-order chi connectivity index (χ1) is 12.4. The number of hydrogen-bond acceptors (Lipinski definition) is 5. The van der Waals surface area contributed by atoms with Crippen LogP contribution in [0, 0.1) is 10.1 Å². The van der Waals surface area contributed by atoms with Crippen molar-refractivity contribution in [3.8, 4) is 0 Å². The average molecular weight is 373 g/mol. The number of thiophene rings is 1. The summed E-state index contributed by atoms with van der Waals surface area (Å²) in [6.07, 6.45) is 0.593. The van der Waals surface area contributed by atoms with Gasteiger partial charge in [-0.05, 0) is 11.4 Å². The zero-order chi connectivity index (χ0) is 18.8. The molecule has 0 radical (unpaired) electrons. The zero-order valence-corrected chi connectivity index (χ0v) is 15.3. The molecule has 1 aliphatic rings. The number of likely N-dealkylation sites (N-methyl/N-ethyl adjacent to an activating group) is 2. The van der Waals surface area contributed by atoms with Crippen molar-refractivity contribution in [3.63, 3.8) is 0 Å². The van der Waals surface area contributed by atoms with Crippen LogP contribution in [0.3, 0.4) is 0 Å². The van der Waals surface area contributed by atoms with Crippen LogP contribution in [0.2, 0.25) is 0 Å². The number of rotatable bonds is 5. The summed E-state index contributed by atoms with van der Waals surface area (Å²) in [6, 6.07) is 8.88. The molecule has 8 heteroatoms. The highest BCUT2D eigenvalue weighted by Gasteiger charge is 2.43. The van der Waals surface area contributed by atoms with Crippen molar-refractivity contribution in [2.24, 2.45) is 0 Å². The normalized spacial score (nSPS) is 20.5. The van der Waals surface area contributed by atoms with Crippen LogP contribution < -0.4 is 0 Å². The Kier molecular flexibility index (Phi) is 5.03. The number of piperazine rings is 1. The van der Waals surface area contributed by atoms with E-state index in [0.29, 0.717) is 12.0 Å². The molecule has 2 unspecified atom stereocenters. The number of nitro benzene ring substituents is 1. The molecule has 1 aliphatic heterocycles. The zero-order valence-electron chi connectivity index (χ0n) is 14.5. The summed E-state index contributed by atoms with van der Waals surface area (Å²) in [5, 5.41) is 13.2. The molecular weight excluding hydrogens is 354 g/mol. The number of nitro groups is 1. The maximum absolute atomic E-state index is 12.9. The minimum Gasteiger partial charge on any atom is -0.332 e. The van der Waals surface area contributed by atoms with E-state index in [1.165, 1.54) is 15.9 Å². The van der Waals surface area contributed by atoms with Crippen LogP contribution in [0.15, 0.2) is 41.8 Å². The minimum absolute atomic E-state index is 0.0375. The number of benzene rings is 1. The summed E-state index contributed by atoms with van der Waals surface area (Å²) in [4.78, 5) is 40.4. The van der Waals surface area contributed by atoms with Gasteiger partial charge in [0.2, 0.25) is 11.8 Å². The van der Waals surface area contributed by atoms with Gasteiger partial charge in [-0.2, -0.15) is 0 Å². The molecule has 2 heterocycles. The standard InChI is InChI=1S/C18H19N3O4S/c1-19-15(10-12-6-3-4-8-14(12)21(24)25)17(22)20(2)16(18(19)23)11-13-7-5-9-26-13/h3-9,15-16H,10-11H2,1-2H3. The summed E-state index contributed by atoms with van der Waals surface area (Å²) in [6.45, 7) is 0. The molecular formula is C18H19N3O4S. The van der Waals surface area contributed by atoms with Gasteiger partial charge >= 0.3 is 0 Å². The number of hydrogen-bond donors (Lipinski definition) is 0. The van der Waals surface area contributed by atoms with E-state index in [0.717, 1.165) is 4.88 Å². The third-order valence-corrected chi connectivity index (χ3v) is 5.68. The van der Waals surface area contributed by atoms with Crippen molar-refractivity contribution in [2.75, 3.05) is 14.1 Å². The maximum atomic E-state index is 12.9. The fraction of sp³-hybridized carbons (Fsp3) is 0.333. The van der Waals surface area contributed by atoms with Crippen molar-refractivity contribution in [2.45, 2.75) is 24.9 Å². The average Bonchev–Trinajstić information content (AvgIpc) is 3.14. The second-order valence-corrected chi connectivity index (χ2v) is 7.34. The van der Waals surface area contributed by atoms with Gasteiger partial charge in [-0.25, -0.2) is 0 Å². The lowest BCUT2D eigenvalue weighted by molar-refractivity contribution is -0.385. The van der Waals surface area contributed by atoms with Gasteiger partial charge in [0, 0.05) is 43.4 Å². The molecule has 0 spiro atoms. The second kappa shape index (κ2) is 7.25. The first kappa shape index (κ1) is 18.1. The Balaban J connectivity index is 1.84. The number of amides is 2. The number of carbonyl (C=O) groups is 2. The van der Waals surface area contributed by atoms with Crippen molar-refractivity contribution in [1.29, 1.82) is 0 Å². The molecule has 0 aliphatic carbocycles. The molecule has 26 heavy (non-hydrogen) atoms. The van der Waals surface area contributed by atoms with Gasteiger partial charge in [-0.1, -0.05) is 24.3 Å². The van der Waals surface area contributed by atoms with Crippen LogP contribution in [-0.4, -0.2) is 52.7 Å². The van der Waals surface area contributed by atoms with Crippen molar-refractivity contribution < 1.29 is 14.5 Å². The summed E-state index contributed by atoms with van der Waals surface area (Å²) >= 11 is 1.55. The van der Waals surface area contributed by atoms with E-state index < -0.39 is 17.0 Å². The van der Waals surface area contributed by atoms with Gasteiger partial charge in [-0.3, -0.25) is 19.7 Å². The van der Waals surface area contributed by atoms with Gasteiger partial charge in [0.05, 0.1) is 4.92 Å². The van der Waals surface area contributed by atoms with Gasteiger partial charge in [0.1, 0.15) is 12.1 Å². The van der Waals surface area contributed by atoms with Crippen molar-refractivity contribution in [1.82, 2.24) is 9.80 Å². The third kappa shape index (κ3) is 3.32. The molecule has 1 saturated heterocycles. The molecule has 2 aromatic rings. The number of nitrogens with zero attached hydrogens (tertiary/aromatic N) is 3. The van der Waals surface area contributed by atoms with Gasteiger partial charge in [0.25, 0.3) is 5.69 Å². The van der Waals surface area contributed by atoms with Crippen LogP contribution in [-0.2, 0) is 22.4 Å². The van der Waals surface area contributed by atoms with Gasteiger partial charge in [-0.15, -0.1) is 11.3 Å². The lowest BCUT2D eigenvalue weighted by Crippen LogP contribution is -2.63. The Bertz CT molecular complexity index is 837. The molecule has 3 rings (SSSR count). The smallest absolute Gasteiger partial charge is 0.272 e. The Morgan fingerprint density at radius 2 is 1.62 bits per heavy atom. The Morgan fingerprint density at radius 1 is 1.00 bits per heavy atom. The Morgan fingerprint density at radius 3 is 2.19 bits per heavy atom. The Hall–Kier alpha value is -2.74. The minimum atomic E-state index is -0.742. The first-order valence-electron chi connectivity index (χ1n) is 8.18. The lowest BCUT2D eigenvalue weighted by atomic mass is 9.96. The molecule has 136 valence electrons. The monoisotopic (exact) mass is 373 g/mol. The van der Waals surface area contributed by atoms with E-state index in [4.69, 9.17) is 0 Å². The fourth-order valence-electron chi connectivity index (χ4n) is 3.25. The van der Waals surface area contributed by atoms with E-state index >= 15 is 0 Å². The molecule has 2 atom stereocenters. The van der Waals surface area contributed by atoms with Gasteiger partial charge < -0.3 is 9.80 Å². The van der Waals surface area contributed by atoms with E-state index in [9.17, 15) is 19.7 Å². The molecule has 1 aromatic heterocycles. The molecule has 2 amide bonds. The quantitative estimate of drug-likeness (QED) is 0.594. The third-order valence-electron chi connectivity index (χ3n) is 4.78. The molecule has 0 saturated carbocycles. The lowest BCUT2D eigenvalue weighted by Gasteiger charge is -2.41. The largest absolute Gasteiger partial charge is 0.332 e. The van der Waals surface area contributed by atoms with Crippen LogP contribution in [0.4, 0.5) is 5.69 Å². The summed E-state index contributed by atoms with van der Waals surface area (Å²) in [7, 11) is 3.21. The van der Waals surface area contributed by atoms with Crippen molar-refractivity contribution in [3.05, 3.63) is 62.3 Å². The summed E-state index contributed by atoms with van der Waals surface area (Å²) in [5.41, 5.74) is 0.408. The van der Waals surface area contributed by atoms with E-state index in [1.807, 2.05) is 17.5 Å². The van der Waals surface area contributed by atoms with Crippen molar-refractivity contribution >= 4 is 28.8 Å². The fourth-order valence-corrected chi connectivity index (χ4v) is 3.99. The molecule has 1 aromatic carbocycles. The van der Waals surface area contributed by atoms with Gasteiger partial charge in [0.15, 0.2) is 0 Å². The SMILES string of the molecule is CN1C(=O)C(Cc2ccccc2[N+](=O)[O-])N(C)C(=O)C1Cc1cccs1. The highest BCUT2D eigenvalue weighted by Crippen LogP contribution is 2.26. The van der Waals surface area contributed by atoms with E-state index in [-0.39, 0.29) is 23.9 Å². The first-order valence-corrected chi connectivity index (χ1v) is 9.06. The predicted molar refractivity (Wildman–Crippen MR) is 97.9 cm³/mol. The number of para-hydroxylation sites is 1. The summed E-state index contributed by atoms with van der Waals surface area (Å²) in [5.74, 6) is -0.351. The second-order valence-electron chi connectivity index (χ2n) is 6.30. The Labute approximate surface area is 155 Å². The molecule has 1 fully saturated rings. The highest BCUT2D eigenvalue weighted by molar-refractivity contribution is 7.09. The summed E-state index contributed by atoms with van der Waals surface area (Å²) < 4.78 is 0. The molecule has 7 nitrogen and oxygen atoms in total. The molecule has 0 N–H and O–H groups in total. The number of carbonyl (C=O) groups excluding carboxylic acids is 2. The van der Waals surface area contributed by atoms with Crippen LogP contribution in [0.5, 0.6) is 0 Å². The van der Waals surface area contributed by atoms with Crippen LogP contribution >= 0.6 is 11.3 Å². The van der Waals surface area contributed by atoms with E-state index in [1.54, 1.807) is 43.6 Å². The molecule has 0 bridgehead atoms. The van der Waals surface area contributed by atoms with Crippen LogP contribution in [0.1, 0.15) is 10.4 Å². The topological polar surface area (TPSA) is 83.8 Å². The maximum Gasteiger partial charge on any atom is 0.272 e. The van der Waals surface area contributed by atoms with E-state index in [2.05, 4.69) is 0 Å².